The molecule has 0 amide bonds. The number of hydrazine groups is 1. The first-order chi connectivity index (χ1) is 9.88. The van der Waals surface area contributed by atoms with Crippen molar-refractivity contribution in [2.45, 2.75) is 19.6 Å². The second-order valence-electron chi connectivity index (χ2n) is 4.63. The van der Waals surface area contributed by atoms with Crippen molar-refractivity contribution in [3.05, 3.63) is 65.0 Å². The lowest BCUT2D eigenvalue weighted by atomic mass is 10.0. The first-order valence-corrected chi connectivity index (χ1v) is 6.28. The molecule has 0 aliphatic heterocycles. The number of benzene rings is 2. The summed E-state index contributed by atoms with van der Waals surface area (Å²) in [6, 6.07) is 11.2. The first-order valence-electron chi connectivity index (χ1n) is 6.28. The number of hydrogen-bond donors (Lipinski definition) is 2. The molecule has 2 aromatic carbocycles. The zero-order valence-corrected chi connectivity index (χ0v) is 11.3. The maximum absolute atomic E-state index is 13.9. The predicted octanol–water partition coefficient (Wildman–Crippen LogP) is 4.27. The van der Waals surface area contributed by atoms with Crippen LogP contribution >= 0.6 is 0 Å². The van der Waals surface area contributed by atoms with Gasteiger partial charge in [-0.25, -0.2) is 9.82 Å². The Labute approximate surface area is 119 Å². The van der Waals surface area contributed by atoms with E-state index >= 15 is 0 Å². The average Bonchev–Trinajstić information content (AvgIpc) is 2.42. The monoisotopic (exact) mass is 298 g/mol. The summed E-state index contributed by atoms with van der Waals surface area (Å²) in [5, 5.41) is 0. The van der Waals surface area contributed by atoms with E-state index < -0.39 is 17.6 Å². The van der Waals surface area contributed by atoms with Crippen molar-refractivity contribution in [3.63, 3.8) is 0 Å². The van der Waals surface area contributed by atoms with E-state index in [9.17, 15) is 17.6 Å². The molecule has 2 rings (SSSR count). The highest BCUT2D eigenvalue weighted by molar-refractivity contribution is 5.41. The molecule has 0 heterocycles. The Balaban J connectivity index is 2.12. The largest absolute Gasteiger partial charge is 0.419 e. The maximum atomic E-state index is 13.9. The molecule has 0 atom stereocenters. The van der Waals surface area contributed by atoms with Crippen molar-refractivity contribution < 1.29 is 17.6 Å². The Kier molecular flexibility index (Phi) is 4.47. The molecule has 0 aromatic heterocycles. The van der Waals surface area contributed by atoms with Crippen molar-refractivity contribution in [2.75, 3.05) is 5.43 Å². The summed E-state index contributed by atoms with van der Waals surface area (Å²) in [4.78, 5) is 0. The number of nitrogens with one attached hydrogen (secondary N) is 2. The summed E-state index contributed by atoms with van der Waals surface area (Å²) in [6.45, 7) is 1.44. The van der Waals surface area contributed by atoms with Gasteiger partial charge in [-0.05, 0) is 30.7 Å². The number of alkyl halides is 3. The Hall–Kier alpha value is -2.08. The van der Waals surface area contributed by atoms with Crippen LogP contribution in [0.25, 0.3) is 0 Å². The zero-order valence-electron chi connectivity index (χ0n) is 11.3. The first kappa shape index (κ1) is 15.3. The molecule has 0 spiro atoms. The number of hydrogen-bond acceptors (Lipinski definition) is 2. The molecule has 2 nitrogen and oxygen atoms in total. The Bertz CT molecular complexity index is 609. The minimum absolute atomic E-state index is 0.0363. The fraction of sp³-hybridized carbons (Fsp3) is 0.200. The Morgan fingerprint density at radius 2 is 1.71 bits per heavy atom. The summed E-state index contributed by atoms with van der Waals surface area (Å²) in [7, 11) is 0. The predicted molar refractivity (Wildman–Crippen MR) is 73.0 cm³/mol. The molecular weight excluding hydrogens is 284 g/mol. The summed E-state index contributed by atoms with van der Waals surface area (Å²) in [6.07, 6.45) is -4.70. The van der Waals surface area contributed by atoms with Crippen molar-refractivity contribution in [1.29, 1.82) is 0 Å². The molecule has 21 heavy (non-hydrogen) atoms. The summed E-state index contributed by atoms with van der Waals surface area (Å²) in [5.41, 5.74) is 5.33. The van der Waals surface area contributed by atoms with Crippen LogP contribution in [0.1, 0.15) is 16.7 Å². The smallest absolute Gasteiger partial charge is 0.321 e. The SMILES string of the molecule is Cc1cc(CNNc2ccccc2)c(F)c(C(F)(F)F)c1. The molecule has 0 saturated heterocycles. The maximum Gasteiger partial charge on any atom is 0.419 e. The van der Waals surface area contributed by atoms with Gasteiger partial charge in [-0.15, -0.1) is 0 Å². The Morgan fingerprint density at radius 3 is 2.33 bits per heavy atom. The van der Waals surface area contributed by atoms with E-state index in [0.29, 0.717) is 5.56 Å². The Morgan fingerprint density at radius 1 is 1.05 bits per heavy atom. The summed E-state index contributed by atoms with van der Waals surface area (Å²) in [5.74, 6) is -1.24. The molecule has 112 valence electrons. The van der Waals surface area contributed by atoms with E-state index in [0.717, 1.165) is 11.8 Å². The van der Waals surface area contributed by atoms with Gasteiger partial charge >= 0.3 is 6.18 Å². The quantitative estimate of drug-likeness (QED) is 0.650. The molecule has 0 aliphatic carbocycles. The fourth-order valence-corrected chi connectivity index (χ4v) is 1.94. The molecule has 6 heteroatoms. The highest BCUT2D eigenvalue weighted by Crippen LogP contribution is 2.33. The molecular formula is C15H14F4N2. The molecule has 0 unspecified atom stereocenters. The van der Waals surface area contributed by atoms with Crippen LogP contribution in [0.2, 0.25) is 0 Å². The topological polar surface area (TPSA) is 24.1 Å². The number of aryl methyl sites for hydroxylation is 1. The van der Waals surface area contributed by atoms with Crippen molar-refractivity contribution in [2.24, 2.45) is 0 Å². The van der Waals surface area contributed by atoms with Gasteiger partial charge in [0.1, 0.15) is 5.82 Å². The lowest BCUT2D eigenvalue weighted by Crippen LogP contribution is -2.22. The van der Waals surface area contributed by atoms with Crippen LogP contribution in [0.15, 0.2) is 42.5 Å². The van der Waals surface area contributed by atoms with Crippen molar-refractivity contribution in [1.82, 2.24) is 5.43 Å². The lowest BCUT2D eigenvalue weighted by molar-refractivity contribution is -0.140. The molecule has 2 aromatic rings. The molecule has 0 bridgehead atoms. The van der Waals surface area contributed by atoms with E-state index in [1.54, 1.807) is 24.3 Å². The van der Waals surface area contributed by atoms with Gasteiger partial charge in [-0.3, -0.25) is 0 Å². The minimum atomic E-state index is -4.70. The van der Waals surface area contributed by atoms with E-state index in [1.807, 2.05) is 6.07 Å². The van der Waals surface area contributed by atoms with Crippen LogP contribution in [-0.4, -0.2) is 0 Å². The molecule has 0 radical (unpaired) electrons. The van der Waals surface area contributed by atoms with Gasteiger partial charge in [0.2, 0.25) is 0 Å². The van der Waals surface area contributed by atoms with E-state index in [1.165, 1.54) is 13.0 Å². The van der Waals surface area contributed by atoms with Gasteiger partial charge in [0.05, 0.1) is 5.56 Å². The van der Waals surface area contributed by atoms with Crippen LogP contribution in [-0.2, 0) is 12.7 Å². The summed E-state index contributed by atoms with van der Waals surface area (Å²) >= 11 is 0. The third-order valence-corrected chi connectivity index (χ3v) is 2.88. The van der Waals surface area contributed by atoms with E-state index in [-0.39, 0.29) is 12.1 Å². The average molecular weight is 298 g/mol. The van der Waals surface area contributed by atoms with Crippen LogP contribution in [0.5, 0.6) is 0 Å². The third-order valence-electron chi connectivity index (χ3n) is 2.88. The lowest BCUT2D eigenvalue weighted by Gasteiger charge is -2.14. The van der Waals surface area contributed by atoms with Crippen molar-refractivity contribution >= 4 is 5.69 Å². The van der Waals surface area contributed by atoms with Crippen LogP contribution in [0, 0.1) is 12.7 Å². The van der Waals surface area contributed by atoms with Gasteiger partial charge in [0, 0.05) is 17.8 Å². The second-order valence-corrected chi connectivity index (χ2v) is 4.63. The number of halogens is 4. The molecule has 0 aliphatic rings. The third kappa shape index (κ3) is 3.95. The van der Waals surface area contributed by atoms with Gasteiger partial charge in [0.15, 0.2) is 0 Å². The van der Waals surface area contributed by atoms with Crippen LogP contribution < -0.4 is 10.9 Å². The number of anilines is 1. The molecule has 0 saturated carbocycles. The minimum Gasteiger partial charge on any atom is -0.321 e. The van der Waals surface area contributed by atoms with E-state index in [4.69, 9.17) is 0 Å². The van der Waals surface area contributed by atoms with Crippen molar-refractivity contribution in [3.8, 4) is 0 Å². The molecule has 0 fully saturated rings. The van der Waals surface area contributed by atoms with Gasteiger partial charge in [0.25, 0.3) is 0 Å². The fourth-order valence-electron chi connectivity index (χ4n) is 1.94. The zero-order chi connectivity index (χ0) is 15.5. The van der Waals surface area contributed by atoms with Gasteiger partial charge in [-0.2, -0.15) is 13.2 Å². The second kappa shape index (κ2) is 6.13. The van der Waals surface area contributed by atoms with Gasteiger partial charge < -0.3 is 5.43 Å². The van der Waals surface area contributed by atoms with Gasteiger partial charge in [-0.1, -0.05) is 24.3 Å². The molecule has 2 N–H and O–H groups in total. The van der Waals surface area contributed by atoms with Crippen LogP contribution in [0.3, 0.4) is 0 Å². The highest BCUT2D eigenvalue weighted by atomic mass is 19.4. The van der Waals surface area contributed by atoms with E-state index in [2.05, 4.69) is 10.9 Å². The van der Waals surface area contributed by atoms with Crippen LogP contribution in [0.4, 0.5) is 23.2 Å². The number of rotatable bonds is 4. The summed E-state index contributed by atoms with van der Waals surface area (Å²) < 4.78 is 52.0. The normalized spacial score (nSPS) is 11.5. The highest BCUT2D eigenvalue weighted by Gasteiger charge is 2.35. The standard InChI is InChI=1S/C15H14F4N2/c1-10-7-11(14(16)13(8-10)15(17,18)19)9-20-21-12-5-3-2-4-6-12/h2-8,20-21H,9H2,1H3. The number of para-hydroxylation sites is 1.